The molecule has 7 nitrogen and oxygen atoms in total. The Morgan fingerprint density at radius 3 is 2.12 bits per heavy atom. The Kier molecular flexibility index (Phi) is 15.9. The highest BCUT2D eigenvalue weighted by molar-refractivity contribution is 6.03. The lowest BCUT2D eigenvalue weighted by atomic mass is 9.68. The number of amides is 1. The van der Waals surface area contributed by atoms with E-state index in [1.165, 1.54) is 6.42 Å². The number of anilines is 1. The van der Waals surface area contributed by atoms with Gasteiger partial charge in [-0.2, -0.15) is 0 Å². The number of carboxylic acid groups (broad SMARTS) is 1. The van der Waals surface area contributed by atoms with E-state index in [1.54, 1.807) is 6.08 Å². The molecule has 4 N–H and O–H groups in total. The highest BCUT2D eigenvalue weighted by atomic mass is 16.4. The molecule has 0 radical (unpaired) electrons. The fourth-order valence-electron chi connectivity index (χ4n) is 3.19. The standard InChI is InChI=1S/C15H26N2O3.C8H11NO.C3H8/c1-4-12(8-5-6-11-17(2)3)16-13(18)15(14(19)20)9-7-10-15;1-9-8-4-2-7(6-10)3-5-8;1-3-2/h4,12H,1,5-11H2,2-3H3,(H,16,18)(H,19,20);2-5,9-10H,6H2,1H3;3H2,1-2H3/t12-;;/m1../s1. The summed E-state index contributed by atoms with van der Waals surface area (Å²) in [5, 5.41) is 23.7. The molecule has 0 saturated heterocycles. The largest absolute Gasteiger partial charge is 0.480 e. The first-order valence-corrected chi connectivity index (χ1v) is 11.9. The van der Waals surface area contributed by atoms with E-state index in [2.05, 4.69) is 36.0 Å². The number of unbranched alkanes of at least 4 members (excludes halogenated alkanes) is 1. The molecule has 33 heavy (non-hydrogen) atoms. The van der Waals surface area contributed by atoms with Gasteiger partial charge < -0.3 is 25.7 Å². The van der Waals surface area contributed by atoms with E-state index in [0.717, 1.165) is 43.5 Å². The predicted molar refractivity (Wildman–Crippen MR) is 136 cm³/mol. The van der Waals surface area contributed by atoms with E-state index < -0.39 is 11.4 Å². The first kappa shape index (κ1) is 30.6. The molecule has 2 rings (SSSR count). The van der Waals surface area contributed by atoms with Crippen molar-refractivity contribution in [2.24, 2.45) is 5.41 Å². The van der Waals surface area contributed by atoms with Crippen molar-refractivity contribution < 1.29 is 19.8 Å². The quantitative estimate of drug-likeness (QED) is 0.222. The fourth-order valence-corrected chi connectivity index (χ4v) is 3.19. The number of nitrogens with one attached hydrogen (secondary N) is 2. The molecule has 1 amide bonds. The number of hydrogen-bond acceptors (Lipinski definition) is 5. The van der Waals surface area contributed by atoms with Crippen molar-refractivity contribution in [3.63, 3.8) is 0 Å². The van der Waals surface area contributed by atoms with Crippen LogP contribution in [0.3, 0.4) is 0 Å². The van der Waals surface area contributed by atoms with Crippen molar-refractivity contribution >= 4 is 17.6 Å². The highest BCUT2D eigenvalue weighted by Gasteiger charge is 2.51. The summed E-state index contributed by atoms with van der Waals surface area (Å²) in [6, 6.07) is 7.52. The second-order valence-corrected chi connectivity index (χ2v) is 8.67. The molecular formula is C26H45N3O4. The predicted octanol–water partition coefficient (Wildman–Crippen LogP) is 4.28. The van der Waals surface area contributed by atoms with Crippen LogP contribution in [0.15, 0.2) is 36.9 Å². The van der Waals surface area contributed by atoms with Gasteiger partial charge in [0.15, 0.2) is 0 Å². The molecule has 1 saturated carbocycles. The lowest BCUT2D eigenvalue weighted by Crippen LogP contribution is -2.53. The monoisotopic (exact) mass is 463 g/mol. The van der Waals surface area contributed by atoms with Crippen LogP contribution in [0.2, 0.25) is 0 Å². The summed E-state index contributed by atoms with van der Waals surface area (Å²) in [4.78, 5) is 25.5. The van der Waals surface area contributed by atoms with Gasteiger partial charge in [0.2, 0.25) is 5.91 Å². The molecule has 1 aromatic carbocycles. The topological polar surface area (TPSA) is 102 Å². The van der Waals surface area contributed by atoms with Crippen LogP contribution in [-0.4, -0.2) is 60.7 Å². The molecule has 0 bridgehead atoms. The minimum Gasteiger partial charge on any atom is -0.480 e. The molecule has 0 unspecified atom stereocenters. The van der Waals surface area contributed by atoms with Crippen molar-refractivity contribution in [3.05, 3.63) is 42.5 Å². The van der Waals surface area contributed by atoms with Gasteiger partial charge in [-0.1, -0.05) is 44.9 Å². The number of hydrogen-bond donors (Lipinski definition) is 4. The zero-order valence-electron chi connectivity index (χ0n) is 21.2. The summed E-state index contributed by atoms with van der Waals surface area (Å²) in [5.41, 5.74) is 0.821. The van der Waals surface area contributed by atoms with Gasteiger partial charge in [-0.3, -0.25) is 9.59 Å². The lowest BCUT2D eigenvalue weighted by Gasteiger charge is -2.36. The maximum absolute atomic E-state index is 12.2. The summed E-state index contributed by atoms with van der Waals surface area (Å²) in [7, 11) is 5.92. The molecule has 1 atom stereocenters. The molecule has 0 aromatic heterocycles. The van der Waals surface area contributed by atoms with E-state index in [9.17, 15) is 14.7 Å². The lowest BCUT2D eigenvalue weighted by molar-refractivity contribution is -0.162. The normalized spacial score (nSPS) is 14.4. The van der Waals surface area contributed by atoms with Gasteiger partial charge in [0.05, 0.1) is 6.61 Å². The van der Waals surface area contributed by atoms with Gasteiger partial charge in [0.1, 0.15) is 5.41 Å². The molecule has 1 aliphatic rings. The molecule has 1 fully saturated rings. The van der Waals surface area contributed by atoms with Gasteiger partial charge in [-0.15, -0.1) is 6.58 Å². The number of aliphatic carboxylic acids is 1. The Bertz CT molecular complexity index is 662. The Morgan fingerprint density at radius 2 is 1.76 bits per heavy atom. The van der Waals surface area contributed by atoms with Crippen molar-refractivity contribution in [1.29, 1.82) is 0 Å². The Labute approximate surface area is 200 Å². The van der Waals surface area contributed by atoms with Crippen LogP contribution >= 0.6 is 0 Å². The Hall–Kier alpha value is -2.38. The smallest absolute Gasteiger partial charge is 0.319 e. The highest BCUT2D eigenvalue weighted by Crippen LogP contribution is 2.41. The van der Waals surface area contributed by atoms with Crippen LogP contribution in [-0.2, 0) is 16.2 Å². The Morgan fingerprint density at radius 1 is 1.18 bits per heavy atom. The number of carbonyl (C=O) groups is 2. The summed E-state index contributed by atoms with van der Waals surface area (Å²) >= 11 is 0. The number of aliphatic hydroxyl groups excluding tert-OH is 1. The fraction of sp³-hybridized carbons (Fsp3) is 0.615. The molecule has 1 aliphatic carbocycles. The maximum atomic E-state index is 12.2. The van der Waals surface area contributed by atoms with E-state index in [0.29, 0.717) is 12.8 Å². The third-order valence-corrected chi connectivity index (χ3v) is 5.45. The summed E-state index contributed by atoms with van der Waals surface area (Å²) in [6.07, 6.45) is 7.48. The van der Waals surface area contributed by atoms with E-state index in [4.69, 9.17) is 5.11 Å². The zero-order chi connectivity index (χ0) is 25.3. The minimum absolute atomic E-state index is 0.115. The van der Waals surface area contributed by atoms with Crippen LogP contribution < -0.4 is 10.6 Å². The summed E-state index contributed by atoms with van der Waals surface area (Å²) in [6.45, 7) is 9.10. The minimum atomic E-state index is -1.19. The average molecular weight is 464 g/mol. The molecule has 1 aromatic rings. The van der Waals surface area contributed by atoms with E-state index >= 15 is 0 Å². The Balaban J connectivity index is 0.000000653. The van der Waals surface area contributed by atoms with Crippen LogP contribution in [0.4, 0.5) is 5.69 Å². The van der Waals surface area contributed by atoms with Crippen LogP contribution in [0, 0.1) is 5.41 Å². The molecule has 188 valence electrons. The molecular weight excluding hydrogens is 418 g/mol. The number of carbonyl (C=O) groups excluding carboxylic acids is 1. The number of aliphatic hydroxyl groups is 1. The van der Waals surface area contributed by atoms with Crippen molar-refractivity contribution in [2.75, 3.05) is 33.0 Å². The molecule has 0 aliphatic heterocycles. The second-order valence-electron chi connectivity index (χ2n) is 8.67. The summed E-state index contributed by atoms with van der Waals surface area (Å²) in [5.74, 6) is -1.36. The van der Waals surface area contributed by atoms with E-state index in [1.807, 2.05) is 45.4 Å². The number of rotatable bonds is 11. The van der Waals surface area contributed by atoms with Crippen LogP contribution in [0.5, 0.6) is 0 Å². The second kappa shape index (κ2) is 17.1. The average Bonchev–Trinajstić information content (AvgIpc) is 2.75. The van der Waals surface area contributed by atoms with Crippen molar-refractivity contribution in [3.8, 4) is 0 Å². The van der Waals surface area contributed by atoms with Gasteiger partial charge in [-0.25, -0.2) is 0 Å². The molecule has 0 heterocycles. The van der Waals surface area contributed by atoms with Crippen molar-refractivity contribution in [1.82, 2.24) is 10.2 Å². The van der Waals surface area contributed by atoms with Crippen LogP contribution in [0.25, 0.3) is 0 Å². The SMILES string of the molecule is C=C[C@H](CCCCN(C)C)NC(=O)C1(C(=O)O)CCC1.CCC.CNc1ccc(CO)cc1. The van der Waals surface area contributed by atoms with Crippen LogP contribution in [0.1, 0.15) is 64.4 Å². The third kappa shape index (κ3) is 11.3. The van der Waals surface area contributed by atoms with Gasteiger partial charge >= 0.3 is 5.97 Å². The number of nitrogens with zero attached hydrogens (tertiary/aromatic N) is 1. The number of carboxylic acids is 1. The van der Waals surface area contributed by atoms with Gasteiger partial charge in [0, 0.05) is 18.8 Å². The van der Waals surface area contributed by atoms with Crippen molar-refractivity contribution in [2.45, 2.75) is 71.4 Å². The number of benzene rings is 1. The molecule has 7 heteroatoms. The first-order valence-electron chi connectivity index (χ1n) is 11.9. The van der Waals surface area contributed by atoms with Gasteiger partial charge in [0.25, 0.3) is 0 Å². The first-order chi connectivity index (χ1) is 15.7. The summed E-state index contributed by atoms with van der Waals surface area (Å²) < 4.78 is 0. The van der Waals surface area contributed by atoms with Gasteiger partial charge in [-0.05, 0) is 70.4 Å². The van der Waals surface area contributed by atoms with E-state index in [-0.39, 0.29) is 18.6 Å². The maximum Gasteiger partial charge on any atom is 0.319 e. The zero-order valence-corrected chi connectivity index (χ0v) is 21.2. The molecule has 0 spiro atoms. The third-order valence-electron chi connectivity index (χ3n) is 5.45.